The van der Waals surface area contributed by atoms with Crippen LogP contribution in [0.15, 0.2) is 23.0 Å². The lowest BCUT2D eigenvalue weighted by molar-refractivity contribution is 0.509. The highest BCUT2D eigenvalue weighted by Gasteiger charge is 2.19. The molecular weight excluding hydrogens is 266 g/mol. The van der Waals surface area contributed by atoms with E-state index < -0.39 is 17.2 Å². The van der Waals surface area contributed by atoms with Crippen molar-refractivity contribution in [3.63, 3.8) is 0 Å². The third kappa shape index (κ3) is 1.98. The topological polar surface area (TPSA) is 106 Å². The number of aromatic amines is 1. The molecule has 7 heteroatoms. The van der Waals surface area contributed by atoms with Crippen LogP contribution in [0, 0.1) is 34.3 Å². The maximum absolute atomic E-state index is 13.3. The van der Waals surface area contributed by atoms with Gasteiger partial charge in [0.05, 0.1) is 0 Å². The third-order valence-electron chi connectivity index (χ3n) is 2.68. The molecule has 2 aromatic rings. The number of rotatable bonds is 1. The van der Waals surface area contributed by atoms with E-state index in [0.29, 0.717) is 0 Å². The Kier molecular flexibility index (Phi) is 3.20. The van der Waals surface area contributed by atoms with Crippen LogP contribution >= 0.6 is 0 Å². The van der Waals surface area contributed by atoms with Crippen molar-refractivity contribution in [2.24, 2.45) is 0 Å². The second-order valence-electron chi connectivity index (χ2n) is 3.85. The summed E-state index contributed by atoms with van der Waals surface area (Å²) in [5.41, 5.74) is 4.05. The Morgan fingerprint density at radius 3 is 2.30 bits per heavy atom. The van der Waals surface area contributed by atoms with Crippen molar-refractivity contribution in [1.82, 2.24) is 4.98 Å². The van der Waals surface area contributed by atoms with Crippen LogP contribution in [0.1, 0.15) is 11.1 Å². The Morgan fingerprint density at radius 1 is 1.10 bits per heavy atom. The largest absolute Gasteiger partial charge is 0.384 e. The van der Waals surface area contributed by atoms with Gasteiger partial charge in [0.15, 0.2) is 11.6 Å². The molecule has 1 heterocycles. The van der Waals surface area contributed by atoms with Crippen molar-refractivity contribution in [2.45, 2.75) is 0 Å². The number of H-pyrrole nitrogens is 1. The molecule has 0 fully saturated rings. The van der Waals surface area contributed by atoms with Gasteiger partial charge in [0.1, 0.15) is 29.1 Å². The van der Waals surface area contributed by atoms with E-state index in [4.69, 9.17) is 16.3 Å². The predicted molar refractivity (Wildman–Crippen MR) is 66.3 cm³/mol. The molecule has 0 unspecified atom stereocenters. The van der Waals surface area contributed by atoms with Gasteiger partial charge in [-0.2, -0.15) is 10.5 Å². The quantitative estimate of drug-likeness (QED) is 0.822. The summed E-state index contributed by atoms with van der Waals surface area (Å²) < 4.78 is 26.2. The van der Waals surface area contributed by atoms with E-state index in [1.165, 1.54) is 0 Å². The van der Waals surface area contributed by atoms with E-state index in [0.717, 1.165) is 18.2 Å². The molecule has 0 spiro atoms. The number of nitrogens with one attached hydrogen (secondary N) is 1. The van der Waals surface area contributed by atoms with E-state index in [1.54, 1.807) is 12.1 Å². The van der Waals surface area contributed by atoms with Gasteiger partial charge in [-0.3, -0.25) is 4.79 Å². The average Bonchev–Trinajstić information content (AvgIpc) is 2.41. The molecule has 2 rings (SSSR count). The highest BCUT2D eigenvalue weighted by Crippen LogP contribution is 2.28. The number of pyridine rings is 1. The highest BCUT2D eigenvalue weighted by atomic mass is 19.2. The van der Waals surface area contributed by atoms with Crippen molar-refractivity contribution in [2.75, 3.05) is 5.73 Å². The van der Waals surface area contributed by atoms with Crippen LogP contribution in [0.25, 0.3) is 11.1 Å². The van der Waals surface area contributed by atoms with Crippen molar-refractivity contribution in [3.8, 4) is 23.3 Å². The second-order valence-corrected chi connectivity index (χ2v) is 3.85. The number of nitrogens with zero attached hydrogens (tertiary/aromatic N) is 2. The first-order valence-corrected chi connectivity index (χ1v) is 5.31. The summed E-state index contributed by atoms with van der Waals surface area (Å²) in [4.78, 5) is 13.8. The van der Waals surface area contributed by atoms with E-state index >= 15 is 0 Å². The molecule has 0 atom stereocenters. The SMILES string of the molecule is N#Cc1c(N)[nH]c(=O)c(C#N)c1-c1ccc(F)c(F)c1. The molecule has 0 aliphatic heterocycles. The fourth-order valence-corrected chi connectivity index (χ4v) is 1.78. The molecule has 0 amide bonds. The highest BCUT2D eigenvalue weighted by molar-refractivity contribution is 5.80. The Morgan fingerprint density at radius 2 is 1.75 bits per heavy atom. The minimum Gasteiger partial charge on any atom is -0.384 e. The van der Waals surface area contributed by atoms with Gasteiger partial charge in [0.2, 0.25) is 0 Å². The van der Waals surface area contributed by atoms with Crippen LogP contribution in [-0.2, 0) is 0 Å². The lowest BCUT2D eigenvalue weighted by atomic mass is 9.96. The first kappa shape index (κ1) is 13.2. The maximum atomic E-state index is 13.3. The molecular formula is C13H6F2N4O. The summed E-state index contributed by atoms with van der Waals surface area (Å²) in [7, 11) is 0. The zero-order chi connectivity index (χ0) is 14.9. The molecule has 0 aliphatic rings. The summed E-state index contributed by atoms with van der Waals surface area (Å²) in [5, 5.41) is 18.1. The van der Waals surface area contributed by atoms with Crippen LogP contribution in [0.4, 0.5) is 14.6 Å². The predicted octanol–water partition coefficient (Wildman–Crippen LogP) is 1.65. The summed E-state index contributed by atoms with van der Waals surface area (Å²) >= 11 is 0. The summed E-state index contributed by atoms with van der Waals surface area (Å²) in [5.74, 6) is -2.48. The maximum Gasteiger partial charge on any atom is 0.268 e. The fraction of sp³-hybridized carbons (Fsp3) is 0. The Bertz CT molecular complexity index is 843. The zero-order valence-electron chi connectivity index (χ0n) is 9.87. The third-order valence-corrected chi connectivity index (χ3v) is 2.68. The molecule has 0 bridgehead atoms. The molecule has 1 aromatic carbocycles. The van der Waals surface area contributed by atoms with Gasteiger partial charge >= 0.3 is 0 Å². The van der Waals surface area contributed by atoms with Gasteiger partial charge in [0, 0.05) is 5.56 Å². The van der Waals surface area contributed by atoms with Crippen molar-refractivity contribution >= 4 is 5.82 Å². The zero-order valence-corrected chi connectivity index (χ0v) is 9.87. The van der Waals surface area contributed by atoms with Crippen molar-refractivity contribution in [1.29, 1.82) is 10.5 Å². The lowest BCUT2D eigenvalue weighted by Gasteiger charge is -2.08. The van der Waals surface area contributed by atoms with Gasteiger partial charge in [-0.1, -0.05) is 6.07 Å². The first-order valence-electron chi connectivity index (χ1n) is 5.31. The normalized spacial score (nSPS) is 9.80. The standard InChI is InChI=1S/C13H6F2N4O/c14-9-2-1-6(3-10(9)15)11-7(4-16)12(18)19-13(20)8(11)5-17/h1-3H,(H3,18,19,20). The second kappa shape index (κ2) is 4.82. The molecule has 1 aromatic heterocycles. The summed E-state index contributed by atoms with van der Waals surface area (Å²) in [6.45, 7) is 0. The number of nitrogen functional groups attached to an aromatic ring is 1. The fourth-order valence-electron chi connectivity index (χ4n) is 1.78. The van der Waals surface area contributed by atoms with Crippen LogP contribution in [0.5, 0.6) is 0 Å². The van der Waals surface area contributed by atoms with Crippen LogP contribution in [0.3, 0.4) is 0 Å². The monoisotopic (exact) mass is 272 g/mol. The van der Waals surface area contributed by atoms with Crippen molar-refractivity contribution < 1.29 is 8.78 Å². The van der Waals surface area contributed by atoms with Gasteiger partial charge in [-0.05, 0) is 17.7 Å². The number of nitrogens with two attached hydrogens (primary N) is 1. The number of aromatic nitrogens is 1. The molecule has 3 N–H and O–H groups in total. The lowest BCUT2D eigenvalue weighted by Crippen LogP contribution is -2.16. The van der Waals surface area contributed by atoms with Gasteiger partial charge in [0.25, 0.3) is 5.56 Å². The number of halogens is 2. The summed E-state index contributed by atoms with van der Waals surface area (Å²) in [6.07, 6.45) is 0. The number of hydrogen-bond donors (Lipinski definition) is 2. The van der Waals surface area contributed by atoms with Crippen LogP contribution in [0.2, 0.25) is 0 Å². The smallest absolute Gasteiger partial charge is 0.268 e. The summed E-state index contributed by atoms with van der Waals surface area (Å²) in [6, 6.07) is 6.16. The minimum absolute atomic E-state index is 0.0230. The molecule has 0 saturated heterocycles. The number of anilines is 1. The average molecular weight is 272 g/mol. The van der Waals surface area contributed by atoms with E-state index in [2.05, 4.69) is 4.98 Å². The molecule has 0 saturated carbocycles. The molecule has 0 radical (unpaired) electrons. The van der Waals surface area contributed by atoms with E-state index in [1.807, 2.05) is 0 Å². The van der Waals surface area contributed by atoms with Crippen molar-refractivity contribution in [3.05, 3.63) is 51.3 Å². The molecule has 20 heavy (non-hydrogen) atoms. The molecule has 0 aliphatic carbocycles. The molecule has 5 nitrogen and oxygen atoms in total. The molecule has 98 valence electrons. The van der Waals surface area contributed by atoms with Gasteiger partial charge < -0.3 is 10.7 Å². The number of benzene rings is 1. The van der Waals surface area contributed by atoms with E-state index in [9.17, 15) is 13.6 Å². The van der Waals surface area contributed by atoms with E-state index in [-0.39, 0.29) is 28.1 Å². The Balaban J connectivity index is 2.92. The van der Waals surface area contributed by atoms with Gasteiger partial charge in [-0.15, -0.1) is 0 Å². The van der Waals surface area contributed by atoms with Crippen LogP contribution < -0.4 is 11.3 Å². The minimum atomic E-state index is -1.16. The number of nitriles is 2. The Hall–Kier alpha value is -3.19. The number of hydrogen-bond acceptors (Lipinski definition) is 4. The first-order chi connectivity index (χ1) is 9.49. The Labute approximate surface area is 111 Å². The van der Waals surface area contributed by atoms with Gasteiger partial charge in [-0.25, -0.2) is 8.78 Å². The van der Waals surface area contributed by atoms with Crippen LogP contribution in [-0.4, -0.2) is 4.98 Å².